The van der Waals surface area contributed by atoms with Crippen molar-refractivity contribution in [2.45, 2.75) is 13.3 Å². The molecule has 0 N–H and O–H groups in total. The molecule has 1 rings (SSSR count). The van der Waals surface area contributed by atoms with E-state index in [0.29, 0.717) is 6.61 Å². The fourth-order valence-corrected chi connectivity index (χ4v) is 1.08. The molecule has 13 heavy (non-hydrogen) atoms. The van der Waals surface area contributed by atoms with Crippen molar-refractivity contribution in [3.63, 3.8) is 0 Å². The van der Waals surface area contributed by atoms with Crippen LogP contribution in [0.3, 0.4) is 0 Å². The lowest BCUT2D eigenvalue weighted by Crippen LogP contribution is -2.00. The van der Waals surface area contributed by atoms with Crippen LogP contribution in [0.5, 0.6) is 0 Å². The van der Waals surface area contributed by atoms with Crippen molar-refractivity contribution in [2.75, 3.05) is 13.2 Å². The van der Waals surface area contributed by atoms with Crippen LogP contribution in [0.2, 0.25) is 0 Å². The van der Waals surface area contributed by atoms with Crippen LogP contribution in [0, 0.1) is 0 Å². The number of rotatable bonds is 5. The number of hydrogen-bond acceptors (Lipinski definition) is 1. The highest BCUT2D eigenvalue weighted by molar-refractivity contribution is 5.14. The summed E-state index contributed by atoms with van der Waals surface area (Å²) in [4.78, 5) is 0. The Kier molecular flexibility index (Phi) is 4.27. The number of ether oxygens (including phenoxy) is 1. The minimum atomic E-state index is 0.673. The zero-order chi connectivity index (χ0) is 9.52. The topological polar surface area (TPSA) is 9.23 Å². The minimum absolute atomic E-state index is 0.673. The lowest BCUT2D eigenvalue weighted by Gasteiger charge is -2.03. The molecule has 0 amide bonds. The molecule has 0 saturated heterocycles. The molecular weight excluding hydrogens is 160 g/mol. The predicted molar refractivity (Wildman–Crippen MR) is 55.8 cm³/mol. The maximum atomic E-state index is 5.40. The summed E-state index contributed by atoms with van der Waals surface area (Å²) in [5.41, 5.74) is 2.40. The largest absolute Gasteiger partial charge is 0.377 e. The molecule has 70 valence electrons. The van der Waals surface area contributed by atoms with Crippen molar-refractivity contribution < 1.29 is 4.74 Å². The minimum Gasteiger partial charge on any atom is -0.377 e. The maximum absolute atomic E-state index is 5.40. The van der Waals surface area contributed by atoms with Gasteiger partial charge in [-0.1, -0.05) is 42.5 Å². The zero-order valence-electron chi connectivity index (χ0n) is 8.12. The van der Waals surface area contributed by atoms with Gasteiger partial charge >= 0.3 is 0 Å². The van der Waals surface area contributed by atoms with Crippen LogP contribution in [0.25, 0.3) is 0 Å². The molecule has 0 atom stereocenters. The fraction of sp³-hybridized carbons (Fsp3) is 0.333. The van der Waals surface area contributed by atoms with E-state index in [0.717, 1.165) is 18.6 Å². The van der Waals surface area contributed by atoms with Gasteiger partial charge in [-0.2, -0.15) is 0 Å². The third kappa shape index (κ3) is 4.48. The Morgan fingerprint density at radius 1 is 1.31 bits per heavy atom. The van der Waals surface area contributed by atoms with E-state index in [9.17, 15) is 0 Å². The molecule has 0 fully saturated rings. The van der Waals surface area contributed by atoms with Crippen molar-refractivity contribution in [3.8, 4) is 0 Å². The van der Waals surface area contributed by atoms with E-state index in [-0.39, 0.29) is 0 Å². The average molecular weight is 176 g/mol. The van der Waals surface area contributed by atoms with E-state index in [1.54, 1.807) is 0 Å². The molecule has 0 radical (unpaired) electrons. The van der Waals surface area contributed by atoms with E-state index in [4.69, 9.17) is 4.74 Å². The molecule has 1 aromatic rings. The first-order chi connectivity index (χ1) is 6.29. The van der Waals surface area contributed by atoms with Crippen LogP contribution in [0.15, 0.2) is 42.5 Å². The van der Waals surface area contributed by atoms with Gasteiger partial charge in [0.1, 0.15) is 0 Å². The molecule has 0 bridgehead atoms. The first kappa shape index (κ1) is 10.0. The van der Waals surface area contributed by atoms with Gasteiger partial charge in [-0.3, -0.25) is 0 Å². The second kappa shape index (κ2) is 5.55. The second-order valence-electron chi connectivity index (χ2n) is 3.25. The Morgan fingerprint density at radius 2 is 2.00 bits per heavy atom. The lowest BCUT2D eigenvalue weighted by atomic mass is 10.2. The van der Waals surface area contributed by atoms with Gasteiger partial charge in [-0.05, 0) is 18.9 Å². The number of hydrogen-bond donors (Lipinski definition) is 0. The standard InChI is InChI=1S/C12H16O/c1-11(2)10-13-9-8-12-6-4-3-5-7-12/h3-7H,1,8-10H2,2H3. The monoisotopic (exact) mass is 176 g/mol. The molecule has 1 nitrogen and oxygen atoms in total. The van der Waals surface area contributed by atoms with Gasteiger partial charge in [0.05, 0.1) is 13.2 Å². The van der Waals surface area contributed by atoms with Crippen LogP contribution < -0.4 is 0 Å². The Labute approximate surface area is 80.0 Å². The van der Waals surface area contributed by atoms with Gasteiger partial charge in [0.2, 0.25) is 0 Å². The van der Waals surface area contributed by atoms with Gasteiger partial charge in [-0.15, -0.1) is 0 Å². The van der Waals surface area contributed by atoms with Crippen molar-refractivity contribution >= 4 is 0 Å². The van der Waals surface area contributed by atoms with Crippen molar-refractivity contribution in [3.05, 3.63) is 48.0 Å². The number of benzene rings is 1. The van der Waals surface area contributed by atoms with E-state index >= 15 is 0 Å². The highest BCUT2D eigenvalue weighted by Gasteiger charge is 1.91. The van der Waals surface area contributed by atoms with Crippen molar-refractivity contribution in [2.24, 2.45) is 0 Å². The Balaban J connectivity index is 2.17. The van der Waals surface area contributed by atoms with E-state index < -0.39 is 0 Å². The van der Waals surface area contributed by atoms with Crippen LogP contribution in [0.4, 0.5) is 0 Å². The molecule has 0 heterocycles. The Morgan fingerprint density at radius 3 is 2.62 bits per heavy atom. The molecule has 0 spiro atoms. The molecule has 0 aliphatic carbocycles. The normalized spacial score (nSPS) is 9.92. The van der Waals surface area contributed by atoms with Gasteiger partial charge in [-0.25, -0.2) is 0 Å². The Hall–Kier alpha value is -1.08. The van der Waals surface area contributed by atoms with Gasteiger partial charge in [0, 0.05) is 0 Å². The molecule has 0 saturated carbocycles. The summed E-state index contributed by atoms with van der Waals surface area (Å²) < 4.78 is 5.40. The quantitative estimate of drug-likeness (QED) is 0.495. The summed E-state index contributed by atoms with van der Waals surface area (Å²) in [5.74, 6) is 0. The first-order valence-electron chi connectivity index (χ1n) is 4.55. The average Bonchev–Trinajstić information content (AvgIpc) is 2.14. The van der Waals surface area contributed by atoms with Crippen molar-refractivity contribution in [1.82, 2.24) is 0 Å². The third-order valence-corrected chi connectivity index (χ3v) is 1.73. The van der Waals surface area contributed by atoms with Gasteiger partial charge < -0.3 is 4.74 Å². The van der Waals surface area contributed by atoms with Crippen molar-refractivity contribution in [1.29, 1.82) is 0 Å². The third-order valence-electron chi connectivity index (χ3n) is 1.73. The highest BCUT2D eigenvalue weighted by atomic mass is 16.5. The molecule has 0 aliphatic heterocycles. The van der Waals surface area contributed by atoms with E-state index in [2.05, 4.69) is 18.7 Å². The summed E-state index contributed by atoms with van der Waals surface area (Å²) in [6.45, 7) is 7.20. The first-order valence-corrected chi connectivity index (χ1v) is 4.55. The lowest BCUT2D eigenvalue weighted by molar-refractivity contribution is 0.160. The summed E-state index contributed by atoms with van der Waals surface area (Å²) >= 11 is 0. The van der Waals surface area contributed by atoms with E-state index in [1.165, 1.54) is 5.56 Å². The van der Waals surface area contributed by atoms with Gasteiger partial charge in [0.15, 0.2) is 0 Å². The summed E-state index contributed by atoms with van der Waals surface area (Å²) in [6, 6.07) is 10.4. The predicted octanol–water partition coefficient (Wildman–Crippen LogP) is 2.82. The zero-order valence-corrected chi connectivity index (χ0v) is 8.12. The summed E-state index contributed by atoms with van der Waals surface area (Å²) in [5, 5.41) is 0. The highest BCUT2D eigenvalue weighted by Crippen LogP contribution is 2.00. The second-order valence-corrected chi connectivity index (χ2v) is 3.25. The molecule has 0 aromatic heterocycles. The van der Waals surface area contributed by atoms with Crippen LogP contribution in [-0.4, -0.2) is 13.2 Å². The summed E-state index contributed by atoms with van der Waals surface area (Å²) in [7, 11) is 0. The molecule has 1 aromatic carbocycles. The maximum Gasteiger partial charge on any atom is 0.0671 e. The molecular formula is C12H16O. The fourth-order valence-electron chi connectivity index (χ4n) is 1.08. The van der Waals surface area contributed by atoms with Crippen LogP contribution >= 0.6 is 0 Å². The molecule has 0 unspecified atom stereocenters. The SMILES string of the molecule is C=C(C)COCCc1ccccc1. The summed E-state index contributed by atoms with van der Waals surface area (Å²) in [6.07, 6.45) is 0.980. The molecule has 0 aliphatic rings. The Bertz CT molecular complexity index is 251. The van der Waals surface area contributed by atoms with Crippen LogP contribution in [-0.2, 0) is 11.2 Å². The van der Waals surface area contributed by atoms with E-state index in [1.807, 2.05) is 25.1 Å². The molecule has 1 heteroatoms. The smallest absolute Gasteiger partial charge is 0.0671 e. The van der Waals surface area contributed by atoms with Crippen LogP contribution in [0.1, 0.15) is 12.5 Å². The van der Waals surface area contributed by atoms with Gasteiger partial charge in [0.25, 0.3) is 0 Å².